The molecule has 1 heterocycles. The molecule has 1 aliphatic heterocycles. The van der Waals surface area contributed by atoms with Gasteiger partial charge in [-0.3, -0.25) is 9.59 Å². The van der Waals surface area contributed by atoms with E-state index >= 15 is 0 Å². The first kappa shape index (κ1) is 13.9. The van der Waals surface area contributed by atoms with Crippen molar-refractivity contribution in [2.24, 2.45) is 0 Å². The van der Waals surface area contributed by atoms with Crippen molar-refractivity contribution in [2.45, 2.75) is 6.42 Å². The molecule has 1 N–H and O–H groups in total. The highest BCUT2D eigenvalue weighted by Gasteiger charge is 2.19. The minimum absolute atomic E-state index is 0.175. The fraction of sp³-hybridized carbons (Fsp3) is 0.125. The number of hydrogen-bond acceptors (Lipinski definition) is 2. The van der Waals surface area contributed by atoms with Crippen molar-refractivity contribution >= 4 is 27.6 Å². The SMILES string of the molecule is O=C(c1cc(F)cc(Br)c1)c1ccc2c(c1)C(=O)NCC2. The first-order chi connectivity index (χ1) is 10.0. The van der Waals surface area contributed by atoms with Gasteiger partial charge in [0.2, 0.25) is 0 Å². The summed E-state index contributed by atoms with van der Waals surface area (Å²) in [4.78, 5) is 24.2. The highest BCUT2D eigenvalue weighted by molar-refractivity contribution is 9.10. The number of hydrogen-bond donors (Lipinski definition) is 1. The van der Waals surface area contributed by atoms with Crippen LogP contribution in [0.5, 0.6) is 0 Å². The average Bonchev–Trinajstić information content (AvgIpc) is 2.45. The Morgan fingerprint density at radius 3 is 2.71 bits per heavy atom. The van der Waals surface area contributed by atoms with Crippen molar-refractivity contribution in [3.63, 3.8) is 0 Å². The third-order valence-electron chi connectivity index (χ3n) is 3.42. The van der Waals surface area contributed by atoms with Gasteiger partial charge in [-0.05, 0) is 36.2 Å². The fourth-order valence-corrected chi connectivity index (χ4v) is 2.87. The Hall–Kier alpha value is -2.01. The van der Waals surface area contributed by atoms with E-state index in [4.69, 9.17) is 0 Å². The normalized spacial score (nSPS) is 13.5. The topological polar surface area (TPSA) is 46.2 Å². The van der Waals surface area contributed by atoms with Gasteiger partial charge in [0.25, 0.3) is 5.91 Å². The molecule has 0 aliphatic carbocycles. The van der Waals surface area contributed by atoms with Crippen LogP contribution in [0.4, 0.5) is 4.39 Å². The molecule has 2 aromatic rings. The molecule has 0 unspecified atom stereocenters. The summed E-state index contributed by atoms with van der Waals surface area (Å²) >= 11 is 3.17. The van der Waals surface area contributed by atoms with Crippen LogP contribution < -0.4 is 5.32 Å². The molecule has 0 fully saturated rings. The number of rotatable bonds is 2. The summed E-state index contributed by atoms with van der Waals surface area (Å²) in [6.45, 7) is 0.607. The van der Waals surface area contributed by atoms with E-state index in [1.54, 1.807) is 24.3 Å². The van der Waals surface area contributed by atoms with E-state index in [9.17, 15) is 14.0 Å². The molecule has 1 amide bonds. The van der Waals surface area contributed by atoms with Gasteiger partial charge in [0.05, 0.1) is 0 Å². The zero-order chi connectivity index (χ0) is 15.0. The molecule has 3 nitrogen and oxygen atoms in total. The number of nitrogens with one attached hydrogen (secondary N) is 1. The van der Waals surface area contributed by atoms with E-state index in [1.165, 1.54) is 12.1 Å². The van der Waals surface area contributed by atoms with Crippen molar-refractivity contribution in [1.29, 1.82) is 0 Å². The smallest absolute Gasteiger partial charge is 0.251 e. The predicted molar refractivity (Wildman–Crippen MR) is 80.0 cm³/mol. The molecule has 2 aromatic carbocycles. The minimum Gasteiger partial charge on any atom is -0.352 e. The van der Waals surface area contributed by atoms with Gasteiger partial charge in [-0.25, -0.2) is 4.39 Å². The average molecular weight is 348 g/mol. The molecular formula is C16H11BrFNO2. The number of amides is 1. The van der Waals surface area contributed by atoms with Gasteiger partial charge in [0.15, 0.2) is 5.78 Å². The summed E-state index contributed by atoms with van der Waals surface area (Å²) < 4.78 is 13.9. The largest absolute Gasteiger partial charge is 0.352 e. The van der Waals surface area contributed by atoms with Crippen LogP contribution in [0.1, 0.15) is 31.8 Å². The molecule has 0 aromatic heterocycles. The van der Waals surface area contributed by atoms with Crippen molar-refractivity contribution in [3.8, 4) is 0 Å². The van der Waals surface area contributed by atoms with Crippen LogP contribution in [-0.2, 0) is 6.42 Å². The Bertz CT molecular complexity index is 738. The van der Waals surface area contributed by atoms with E-state index in [1.807, 2.05) is 0 Å². The minimum atomic E-state index is -0.483. The van der Waals surface area contributed by atoms with Gasteiger partial charge in [0.1, 0.15) is 5.82 Å². The predicted octanol–water partition coefficient (Wildman–Crippen LogP) is 3.11. The van der Waals surface area contributed by atoms with Gasteiger partial charge >= 0.3 is 0 Å². The number of fused-ring (bicyclic) bond motifs is 1. The highest BCUT2D eigenvalue weighted by atomic mass is 79.9. The Balaban J connectivity index is 2.02. The lowest BCUT2D eigenvalue weighted by atomic mass is 9.94. The van der Waals surface area contributed by atoms with E-state index < -0.39 is 5.82 Å². The Kier molecular flexibility index (Phi) is 3.59. The summed E-state index contributed by atoms with van der Waals surface area (Å²) in [5, 5.41) is 2.74. The first-order valence-electron chi connectivity index (χ1n) is 6.46. The van der Waals surface area contributed by atoms with Crippen LogP contribution in [0.2, 0.25) is 0 Å². The maximum Gasteiger partial charge on any atom is 0.251 e. The van der Waals surface area contributed by atoms with Crippen LogP contribution >= 0.6 is 15.9 Å². The second-order valence-electron chi connectivity index (χ2n) is 4.87. The first-order valence-corrected chi connectivity index (χ1v) is 7.26. The molecule has 3 rings (SSSR count). The van der Waals surface area contributed by atoms with Gasteiger partial charge in [0, 0.05) is 27.7 Å². The molecular weight excluding hydrogens is 337 g/mol. The van der Waals surface area contributed by atoms with Crippen LogP contribution in [0, 0.1) is 5.82 Å². The van der Waals surface area contributed by atoms with Gasteiger partial charge in [-0.2, -0.15) is 0 Å². The summed E-state index contributed by atoms with van der Waals surface area (Å²) in [5.74, 6) is -0.967. The molecule has 5 heteroatoms. The van der Waals surface area contributed by atoms with Gasteiger partial charge in [-0.15, -0.1) is 0 Å². The quantitative estimate of drug-likeness (QED) is 0.848. The third kappa shape index (κ3) is 2.74. The standard InChI is InChI=1S/C16H11BrFNO2/c17-12-5-11(6-13(18)8-12)15(20)10-2-1-9-3-4-19-16(21)14(9)7-10/h1-2,5-8H,3-4H2,(H,19,21). The van der Waals surface area contributed by atoms with Crippen LogP contribution in [-0.4, -0.2) is 18.2 Å². The van der Waals surface area contributed by atoms with E-state index in [2.05, 4.69) is 21.2 Å². The Morgan fingerprint density at radius 1 is 1.14 bits per heavy atom. The maximum atomic E-state index is 13.4. The molecule has 21 heavy (non-hydrogen) atoms. The van der Waals surface area contributed by atoms with Crippen LogP contribution in [0.25, 0.3) is 0 Å². The maximum absolute atomic E-state index is 13.4. The van der Waals surface area contributed by atoms with Gasteiger partial charge in [-0.1, -0.05) is 28.1 Å². The zero-order valence-electron chi connectivity index (χ0n) is 11.0. The lowest BCUT2D eigenvalue weighted by Crippen LogP contribution is -2.32. The summed E-state index contributed by atoms with van der Waals surface area (Å²) in [5.41, 5.74) is 2.07. The Morgan fingerprint density at radius 2 is 1.95 bits per heavy atom. The van der Waals surface area contributed by atoms with Crippen LogP contribution in [0.15, 0.2) is 40.9 Å². The van der Waals surface area contributed by atoms with Crippen molar-refractivity contribution < 1.29 is 14.0 Å². The highest BCUT2D eigenvalue weighted by Crippen LogP contribution is 2.21. The molecule has 0 saturated carbocycles. The molecule has 0 spiro atoms. The van der Waals surface area contributed by atoms with Crippen molar-refractivity contribution in [1.82, 2.24) is 5.32 Å². The number of carbonyl (C=O) groups is 2. The Labute approximate surface area is 129 Å². The summed E-state index contributed by atoms with van der Waals surface area (Å²) in [6.07, 6.45) is 0.751. The van der Waals surface area contributed by atoms with Crippen molar-refractivity contribution in [3.05, 3.63) is 68.9 Å². The van der Waals surface area contributed by atoms with Crippen molar-refractivity contribution in [2.75, 3.05) is 6.54 Å². The lowest BCUT2D eigenvalue weighted by Gasteiger charge is -2.16. The molecule has 0 bridgehead atoms. The molecule has 1 aliphatic rings. The number of ketones is 1. The summed E-state index contributed by atoms with van der Waals surface area (Å²) in [6, 6.07) is 9.08. The second kappa shape index (κ2) is 5.41. The molecule has 0 saturated heterocycles. The van der Waals surface area contributed by atoms with Crippen LogP contribution in [0.3, 0.4) is 0 Å². The zero-order valence-corrected chi connectivity index (χ0v) is 12.5. The van der Waals surface area contributed by atoms with E-state index in [-0.39, 0.29) is 17.3 Å². The molecule has 106 valence electrons. The van der Waals surface area contributed by atoms with E-state index in [0.717, 1.165) is 12.0 Å². The monoisotopic (exact) mass is 347 g/mol. The fourth-order valence-electron chi connectivity index (χ4n) is 2.40. The molecule has 0 radical (unpaired) electrons. The number of halogens is 2. The number of carbonyl (C=O) groups excluding carboxylic acids is 2. The summed E-state index contributed by atoms with van der Waals surface area (Å²) in [7, 11) is 0. The third-order valence-corrected chi connectivity index (χ3v) is 3.88. The van der Waals surface area contributed by atoms with E-state index in [0.29, 0.717) is 22.1 Å². The van der Waals surface area contributed by atoms with Gasteiger partial charge < -0.3 is 5.32 Å². The second-order valence-corrected chi connectivity index (χ2v) is 5.78. The molecule has 0 atom stereocenters. The lowest BCUT2D eigenvalue weighted by molar-refractivity contribution is 0.0946. The number of benzene rings is 2.